The van der Waals surface area contributed by atoms with Crippen molar-refractivity contribution in [2.24, 2.45) is 0 Å². The molecule has 0 bridgehead atoms. The Labute approximate surface area is 84.2 Å². The average Bonchev–Trinajstić information content (AvgIpc) is 2.18. The van der Waals surface area contributed by atoms with Crippen LogP contribution in [0.25, 0.3) is 5.57 Å². The van der Waals surface area contributed by atoms with Crippen LogP contribution in [0, 0.1) is 0 Å². The maximum atomic E-state index is 11.0. The number of carbonyl (C=O) groups is 1. The molecule has 0 heterocycles. The van der Waals surface area contributed by atoms with Crippen molar-refractivity contribution < 1.29 is 9.53 Å². The second-order valence-corrected chi connectivity index (χ2v) is 2.99. The van der Waals surface area contributed by atoms with E-state index in [1.807, 2.05) is 31.2 Å². The van der Waals surface area contributed by atoms with Gasteiger partial charge in [0.05, 0.1) is 6.61 Å². The molecular formula is C12H14O2. The lowest BCUT2D eigenvalue weighted by atomic mass is 10.0. The Bertz CT molecular complexity index is 336. The van der Waals surface area contributed by atoms with E-state index in [1.54, 1.807) is 0 Å². The van der Waals surface area contributed by atoms with Gasteiger partial charge in [-0.05, 0) is 31.5 Å². The molecule has 2 nitrogen and oxygen atoms in total. The first kappa shape index (κ1) is 10.5. The largest absolute Gasteiger partial charge is 0.494 e. The maximum absolute atomic E-state index is 11.0. The van der Waals surface area contributed by atoms with E-state index in [0.717, 1.165) is 11.3 Å². The van der Waals surface area contributed by atoms with Crippen molar-refractivity contribution >= 4 is 11.4 Å². The van der Waals surface area contributed by atoms with Gasteiger partial charge in [-0.2, -0.15) is 0 Å². The Morgan fingerprint density at radius 3 is 2.36 bits per heavy atom. The predicted octanol–water partition coefficient (Wildman–Crippen LogP) is 2.69. The molecule has 0 unspecified atom stereocenters. The lowest BCUT2D eigenvalue weighted by Gasteiger charge is -2.05. The molecule has 1 rings (SSSR count). The lowest BCUT2D eigenvalue weighted by Crippen LogP contribution is -1.95. The number of allylic oxidation sites excluding steroid dienone is 1. The van der Waals surface area contributed by atoms with Gasteiger partial charge in [0, 0.05) is 5.57 Å². The molecule has 0 amide bonds. The Kier molecular flexibility index (Phi) is 3.46. The first-order valence-corrected chi connectivity index (χ1v) is 4.58. The smallest absolute Gasteiger partial charge is 0.159 e. The normalized spacial score (nSPS) is 9.57. The fraction of sp³-hybridized carbons (Fsp3) is 0.250. The molecule has 0 saturated carbocycles. The molecule has 1 aromatic carbocycles. The molecule has 0 saturated heterocycles. The molecule has 74 valence electrons. The van der Waals surface area contributed by atoms with Crippen LogP contribution >= 0.6 is 0 Å². The topological polar surface area (TPSA) is 26.3 Å². The summed E-state index contributed by atoms with van der Waals surface area (Å²) >= 11 is 0. The molecule has 0 N–H and O–H groups in total. The van der Waals surface area contributed by atoms with E-state index in [0.29, 0.717) is 12.2 Å². The summed E-state index contributed by atoms with van der Waals surface area (Å²) in [5.74, 6) is 0.807. The van der Waals surface area contributed by atoms with E-state index in [4.69, 9.17) is 4.74 Å². The standard InChI is InChI=1S/C12H14O2/c1-4-14-12-7-5-11(6-8-12)9(2)10(3)13/h5-8H,2,4H2,1,3H3. The molecule has 0 aliphatic carbocycles. The number of carbonyl (C=O) groups excluding carboxylic acids is 1. The van der Waals surface area contributed by atoms with Crippen molar-refractivity contribution in [3.05, 3.63) is 36.4 Å². The van der Waals surface area contributed by atoms with Crippen LogP contribution in [0.4, 0.5) is 0 Å². The second kappa shape index (κ2) is 4.61. The van der Waals surface area contributed by atoms with Crippen molar-refractivity contribution in [1.82, 2.24) is 0 Å². The highest BCUT2D eigenvalue weighted by molar-refractivity contribution is 6.18. The zero-order valence-corrected chi connectivity index (χ0v) is 8.54. The highest BCUT2D eigenvalue weighted by atomic mass is 16.5. The van der Waals surface area contributed by atoms with Crippen molar-refractivity contribution in [2.75, 3.05) is 6.61 Å². The molecule has 1 aromatic rings. The van der Waals surface area contributed by atoms with Gasteiger partial charge in [-0.25, -0.2) is 0 Å². The Morgan fingerprint density at radius 2 is 1.93 bits per heavy atom. The highest BCUT2D eigenvalue weighted by Gasteiger charge is 2.03. The summed E-state index contributed by atoms with van der Waals surface area (Å²) in [7, 11) is 0. The summed E-state index contributed by atoms with van der Waals surface area (Å²) in [6.07, 6.45) is 0. The van der Waals surface area contributed by atoms with Crippen molar-refractivity contribution in [3.63, 3.8) is 0 Å². The number of rotatable bonds is 4. The molecule has 14 heavy (non-hydrogen) atoms. The Hall–Kier alpha value is -1.57. The van der Waals surface area contributed by atoms with Crippen LogP contribution in [-0.4, -0.2) is 12.4 Å². The van der Waals surface area contributed by atoms with Gasteiger partial charge in [-0.1, -0.05) is 18.7 Å². The SMILES string of the molecule is C=C(C(C)=O)c1ccc(OCC)cc1. The van der Waals surface area contributed by atoms with Gasteiger partial charge in [-0.15, -0.1) is 0 Å². The second-order valence-electron chi connectivity index (χ2n) is 2.99. The molecule has 0 aliphatic heterocycles. The fourth-order valence-electron chi connectivity index (χ4n) is 1.12. The molecule has 0 spiro atoms. The maximum Gasteiger partial charge on any atom is 0.159 e. The lowest BCUT2D eigenvalue weighted by molar-refractivity contribution is -0.111. The van der Waals surface area contributed by atoms with Crippen LogP contribution in [0.5, 0.6) is 5.75 Å². The van der Waals surface area contributed by atoms with E-state index in [1.165, 1.54) is 6.92 Å². The summed E-state index contributed by atoms with van der Waals surface area (Å²) in [5.41, 5.74) is 1.38. The summed E-state index contributed by atoms with van der Waals surface area (Å²) < 4.78 is 5.29. The minimum atomic E-state index is -0.00541. The zero-order valence-electron chi connectivity index (χ0n) is 8.54. The van der Waals surface area contributed by atoms with E-state index in [9.17, 15) is 4.79 Å². The summed E-state index contributed by atoms with van der Waals surface area (Å²) in [5, 5.41) is 0. The first-order chi connectivity index (χ1) is 6.65. The quantitative estimate of drug-likeness (QED) is 0.682. The predicted molar refractivity (Wildman–Crippen MR) is 57.3 cm³/mol. The van der Waals surface area contributed by atoms with Crippen LogP contribution in [0.2, 0.25) is 0 Å². The Morgan fingerprint density at radius 1 is 1.36 bits per heavy atom. The molecule has 2 heteroatoms. The number of hydrogen-bond acceptors (Lipinski definition) is 2. The minimum absolute atomic E-state index is 0.00541. The van der Waals surface area contributed by atoms with Crippen LogP contribution in [-0.2, 0) is 4.79 Å². The summed E-state index contributed by atoms with van der Waals surface area (Å²) in [4.78, 5) is 11.0. The van der Waals surface area contributed by atoms with E-state index >= 15 is 0 Å². The summed E-state index contributed by atoms with van der Waals surface area (Å²) in [6.45, 7) is 7.80. The minimum Gasteiger partial charge on any atom is -0.494 e. The number of Topliss-reactive ketones (excluding diaryl/α,β-unsaturated/α-hetero) is 1. The van der Waals surface area contributed by atoms with Gasteiger partial charge in [0.2, 0.25) is 0 Å². The van der Waals surface area contributed by atoms with Crippen molar-refractivity contribution in [3.8, 4) is 5.75 Å². The fourth-order valence-corrected chi connectivity index (χ4v) is 1.12. The van der Waals surface area contributed by atoms with Gasteiger partial charge in [0.1, 0.15) is 5.75 Å². The van der Waals surface area contributed by atoms with Gasteiger partial charge >= 0.3 is 0 Å². The third-order valence-corrected chi connectivity index (χ3v) is 1.94. The number of ether oxygens (including phenoxy) is 1. The molecule has 0 fully saturated rings. The summed E-state index contributed by atoms with van der Waals surface area (Å²) in [6, 6.07) is 7.36. The highest BCUT2D eigenvalue weighted by Crippen LogP contribution is 2.17. The van der Waals surface area contributed by atoms with Crippen LogP contribution in [0.3, 0.4) is 0 Å². The van der Waals surface area contributed by atoms with E-state index < -0.39 is 0 Å². The Balaban J connectivity index is 2.83. The third kappa shape index (κ3) is 2.46. The van der Waals surface area contributed by atoms with Gasteiger partial charge in [-0.3, -0.25) is 4.79 Å². The number of hydrogen-bond donors (Lipinski definition) is 0. The first-order valence-electron chi connectivity index (χ1n) is 4.58. The number of ketones is 1. The van der Waals surface area contributed by atoms with Crippen LogP contribution in [0.1, 0.15) is 19.4 Å². The van der Waals surface area contributed by atoms with Crippen molar-refractivity contribution in [2.45, 2.75) is 13.8 Å². The number of benzene rings is 1. The molecule has 0 atom stereocenters. The van der Waals surface area contributed by atoms with Gasteiger partial charge < -0.3 is 4.74 Å². The van der Waals surface area contributed by atoms with Gasteiger partial charge in [0.25, 0.3) is 0 Å². The monoisotopic (exact) mass is 190 g/mol. The van der Waals surface area contributed by atoms with Crippen LogP contribution < -0.4 is 4.74 Å². The van der Waals surface area contributed by atoms with E-state index in [2.05, 4.69) is 6.58 Å². The molecule has 0 aliphatic rings. The molecule has 0 radical (unpaired) electrons. The molecule has 0 aromatic heterocycles. The van der Waals surface area contributed by atoms with Crippen LogP contribution in [0.15, 0.2) is 30.8 Å². The third-order valence-electron chi connectivity index (χ3n) is 1.94. The zero-order chi connectivity index (χ0) is 10.6. The van der Waals surface area contributed by atoms with Gasteiger partial charge in [0.15, 0.2) is 5.78 Å². The molecular weight excluding hydrogens is 176 g/mol. The average molecular weight is 190 g/mol. The van der Waals surface area contributed by atoms with E-state index in [-0.39, 0.29) is 5.78 Å². The van der Waals surface area contributed by atoms with Crippen molar-refractivity contribution in [1.29, 1.82) is 0 Å².